The SMILES string of the molecule is O=C(O)[C@@H]1CN(C(=O)CN2CSCC2=O)C[C@H]1c1ccccc1. The Morgan fingerprint density at radius 1 is 1.22 bits per heavy atom. The van der Waals surface area contributed by atoms with Crippen LogP contribution in [0.1, 0.15) is 11.5 Å². The predicted octanol–water partition coefficient (Wildman–Crippen LogP) is 0.846. The summed E-state index contributed by atoms with van der Waals surface area (Å²) in [7, 11) is 0. The first-order chi connectivity index (χ1) is 11.1. The van der Waals surface area contributed by atoms with Crippen LogP contribution in [0.25, 0.3) is 0 Å². The van der Waals surface area contributed by atoms with Crippen LogP contribution >= 0.6 is 11.8 Å². The van der Waals surface area contributed by atoms with E-state index in [1.165, 1.54) is 16.7 Å². The standard InChI is InChI=1S/C16H18N2O4S/c19-14(8-18-10-23-9-15(18)20)17-6-12(13(7-17)16(21)22)11-4-2-1-3-5-11/h1-5,12-13H,6-10H2,(H,21,22)/t12-,13+/m0/s1. The van der Waals surface area contributed by atoms with Crippen molar-refractivity contribution in [2.45, 2.75) is 5.92 Å². The minimum absolute atomic E-state index is 0.0306. The van der Waals surface area contributed by atoms with Crippen LogP contribution in [0.2, 0.25) is 0 Å². The van der Waals surface area contributed by atoms with Crippen molar-refractivity contribution >= 4 is 29.5 Å². The van der Waals surface area contributed by atoms with Gasteiger partial charge in [0.2, 0.25) is 11.8 Å². The molecule has 2 aliphatic heterocycles. The summed E-state index contributed by atoms with van der Waals surface area (Å²) < 4.78 is 0. The van der Waals surface area contributed by atoms with E-state index in [1.807, 2.05) is 30.3 Å². The van der Waals surface area contributed by atoms with Crippen molar-refractivity contribution in [3.05, 3.63) is 35.9 Å². The van der Waals surface area contributed by atoms with Crippen molar-refractivity contribution in [2.24, 2.45) is 5.92 Å². The average Bonchev–Trinajstić information content (AvgIpc) is 3.15. The van der Waals surface area contributed by atoms with Crippen molar-refractivity contribution in [2.75, 3.05) is 31.3 Å². The van der Waals surface area contributed by atoms with Crippen LogP contribution < -0.4 is 0 Å². The predicted molar refractivity (Wildman–Crippen MR) is 85.9 cm³/mol. The Balaban J connectivity index is 1.71. The first-order valence-electron chi connectivity index (χ1n) is 7.47. The van der Waals surface area contributed by atoms with Gasteiger partial charge in [-0.05, 0) is 5.56 Å². The Bertz CT molecular complexity index is 622. The van der Waals surface area contributed by atoms with Crippen molar-refractivity contribution in [3.8, 4) is 0 Å². The van der Waals surface area contributed by atoms with Crippen LogP contribution in [0, 0.1) is 5.92 Å². The van der Waals surface area contributed by atoms with Gasteiger partial charge >= 0.3 is 5.97 Å². The molecule has 2 fully saturated rings. The summed E-state index contributed by atoms with van der Waals surface area (Å²) in [6, 6.07) is 9.43. The third kappa shape index (κ3) is 3.34. The normalized spacial score (nSPS) is 24.3. The molecule has 1 aromatic carbocycles. The number of likely N-dealkylation sites (tertiary alicyclic amines) is 1. The highest BCUT2D eigenvalue weighted by atomic mass is 32.2. The van der Waals surface area contributed by atoms with Crippen LogP contribution in [0.4, 0.5) is 0 Å². The summed E-state index contributed by atoms with van der Waals surface area (Å²) in [5.41, 5.74) is 0.933. The highest BCUT2D eigenvalue weighted by Crippen LogP contribution is 2.33. The minimum atomic E-state index is -0.887. The number of carbonyl (C=O) groups is 3. The zero-order valence-electron chi connectivity index (χ0n) is 12.6. The van der Waals surface area contributed by atoms with Gasteiger partial charge in [-0.25, -0.2) is 0 Å². The van der Waals surface area contributed by atoms with Crippen LogP contribution in [-0.4, -0.2) is 64.0 Å². The molecule has 0 radical (unpaired) electrons. The topological polar surface area (TPSA) is 77.9 Å². The van der Waals surface area contributed by atoms with Gasteiger partial charge in [-0.3, -0.25) is 14.4 Å². The lowest BCUT2D eigenvalue weighted by Crippen LogP contribution is -2.40. The van der Waals surface area contributed by atoms with E-state index >= 15 is 0 Å². The van der Waals surface area contributed by atoms with Crippen LogP contribution in [0.3, 0.4) is 0 Å². The Hall–Kier alpha value is -2.02. The molecule has 0 unspecified atom stereocenters. The van der Waals surface area contributed by atoms with Gasteiger partial charge in [0.1, 0.15) is 6.54 Å². The molecule has 2 aliphatic rings. The molecule has 7 heteroatoms. The lowest BCUT2D eigenvalue weighted by Gasteiger charge is -2.20. The number of aliphatic carboxylic acids is 1. The number of thioether (sulfide) groups is 1. The van der Waals surface area contributed by atoms with Crippen molar-refractivity contribution in [3.63, 3.8) is 0 Å². The van der Waals surface area contributed by atoms with Crippen LogP contribution in [-0.2, 0) is 14.4 Å². The van der Waals surface area contributed by atoms with E-state index < -0.39 is 11.9 Å². The summed E-state index contributed by atoms with van der Waals surface area (Å²) >= 11 is 1.49. The average molecular weight is 334 g/mol. The van der Waals surface area contributed by atoms with E-state index in [0.29, 0.717) is 18.2 Å². The molecule has 2 heterocycles. The summed E-state index contributed by atoms with van der Waals surface area (Å²) in [6.07, 6.45) is 0. The van der Waals surface area contributed by atoms with Gasteiger partial charge < -0.3 is 14.9 Å². The smallest absolute Gasteiger partial charge is 0.308 e. The van der Waals surface area contributed by atoms with Gasteiger partial charge in [0, 0.05) is 19.0 Å². The highest BCUT2D eigenvalue weighted by Gasteiger charge is 2.41. The third-order valence-electron chi connectivity index (χ3n) is 4.37. The third-order valence-corrected chi connectivity index (χ3v) is 5.31. The van der Waals surface area contributed by atoms with Gasteiger partial charge in [-0.2, -0.15) is 0 Å². The summed E-state index contributed by atoms with van der Waals surface area (Å²) in [5, 5.41) is 9.46. The number of hydrogen-bond donors (Lipinski definition) is 1. The summed E-state index contributed by atoms with van der Waals surface area (Å²) in [4.78, 5) is 38.7. The molecule has 0 aliphatic carbocycles. The fourth-order valence-electron chi connectivity index (χ4n) is 3.10. The number of rotatable bonds is 4. The molecule has 2 saturated heterocycles. The molecule has 6 nitrogen and oxygen atoms in total. The molecular formula is C16H18N2O4S. The van der Waals surface area contributed by atoms with E-state index in [2.05, 4.69) is 0 Å². The van der Waals surface area contributed by atoms with Gasteiger partial charge in [-0.15, -0.1) is 11.8 Å². The molecule has 1 aromatic rings. The molecule has 0 spiro atoms. The summed E-state index contributed by atoms with van der Waals surface area (Å²) in [6.45, 7) is 0.623. The second-order valence-corrected chi connectivity index (χ2v) is 6.78. The first kappa shape index (κ1) is 15.9. The van der Waals surface area contributed by atoms with Gasteiger partial charge in [0.15, 0.2) is 0 Å². The maximum atomic E-state index is 12.4. The van der Waals surface area contributed by atoms with Gasteiger partial charge in [0.05, 0.1) is 17.5 Å². The highest BCUT2D eigenvalue weighted by molar-refractivity contribution is 8.00. The second-order valence-electron chi connectivity index (χ2n) is 5.83. The lowest BCUT2D eigenvalue weighted by molar-refractivity contribution is -0.142. The van der Waals surface area contributed by atoms with Gasteiger partial charge in [-0.1, -0.05) is 30.3 Å². The zero-order chi connectivity index (χ0) is 16.4. The Kier molecular flexibility index (Phi) is 4.56. The minimum Gasteiger partial charge on any atom is -0.481 e. The number of carbonyl (C=O) groups excluding carboxylic acids is 2. The van der Waals surface area contributed by atoms with Gasteiger partial charge in [0.25, 0.3) is 0 Å². The zero-order valence-corrected chi connectivity index (χ0v) is 13.4. The fourth-order valence-corrected chi connectivity index (χ4v) is 4.00. The Morgan fingerprint density at radius 3 is 2.57 bits per heavy atom. The summed E-state index contributed by atoms with van der Waals surface area (Å²) in [5.74, 6) is -0.962. The Labute approximate surface area is 138 Å². The van der Waals surface area contributed by atoms with Crippen molar-refractivity contribution < 1.29 is 19.5 Å². The van der Waals surface area contributed by atoms with Crippen molar-refractivity contribution in [1.29, 1.82) is 0 Å². The van der Waals surface area contributed by atoms with Crippen molar-refractivity contribution in [1.82, 2.24) is 9.80 Å². The molecule has 2 amide bonds. The van der Waals surface area contributed by atoms with E-state index in [0.717, 1.165) is 5.56 Å². The lowest BCUT2D eigenvalue weighted by atomic mass is 9.89. The molecule has 0 saturated carbocycles. The monoisotopic (exact) mass is 334 g/mol. The number of benzene rings is 1. The number of hydrogen-bond acceptors (Lipinski definition) is 4. The fraction of sp³-hybridized carbons (Fsp3) is 0.438. The van der Waals surface area contributed by atoms with E-state index in [4.69, 9.17) is 0 Å². The Morgan fingerprint density at radius 2 is 1.96 bits per heavy atom. The molecule has 23 heavy (non-hydrogen) atoms. The second kappa shape index (κ2) is 6.62. The molecule has 0 bridgehead atoms. The van der Waals surface area contributed by atoms with E-state index in [1.54, 1.807) is 4.90 Å². The quantitative estimate of drug-likeness (QED) is 0.883. The number of carboxylic acid groups (broad SMARTS) is 1. The molecule has 3 rings (SSSR count). The van der Waals surface area contributed by atoms with Crippen LogP contribution in [0.5, 0.6) is 0 Å². The van der Waals surface area contributed by atoms with E-state index in [9.17, 15) is 19.5 Å². The number of carboxylic acids is 1. The van der Waals surface area contributed by atoms with Crippen LogP contribution in [0.15, 0.2) is 30.3 Å². The first-order valence-corrected chi connectivity index (χ1v) is 8.63. The molecule has 1 N–H and O–H groups in total. The molecule has 2 atom stereocenters. The molecule has 0 aromatic heterocycles. The maximum Gasteiger partial charge on any atom is 0.308 e. The number of nitrogens with zero attached hydrogens (tertiary/aromatic N) is 2. The molecule has 122 valence electrons. The largest absolute Gasteiger partial charge is 0.481 e. The molecular weight excluding hydrogens is 316 g/mol. The van der Waals surface area contributed by atoms with E-state index in [-0.39, 0.29) is 30.8 Å². The maximum absolute atomic E-state index is 12.4. The number of amides is 2.